The number of aromatic amines is 1. The number of amides is 1. The highest BCUT2D eigenvalue weighted by Gasteiger charge is 2.65. The zero-order valence-electron chi connectivity index (χ0n) is 22.1. The molecule has 3 aliphatic rings. The molecule has 1 aliphatic heterocycles. The highest BCUT2D eigenvalue weighted by atomic mass is 16.3. The third-order valence-electron chi connectivity index (χ3n) is 9.42. The molecule has 0 radical (unpaired) electrons. The van der Waals surface area contributed by atoms with Crippen LogP contribution in [0, 0.1) is 0 Å². The maximum absolute atomic E-state index is 13.2. The van der Waals surface area contributed by atoms with Gasteiger partial charge in [-0.25, -0.2) is 0 Å². The second kappa shape index (κ2) is 9.62. The number of pyridine rings is 1. The van der Waals surface area contributed by atoms with Gasteiger partial charge in [0.15, 0.2) is 0 Å². The number of likely N-dealkylation sites (N-methyl/N-ethyl adjacent to an activating group) is 1. The quantitative estimate of drug-likeness (QED) is 0.346. The second-order valence-corrected chi connectivity index (χ2v) is 11.5. The van der Waals surface area contributed by atoms with Crippen LogP contribution in [0.25, 0.3) is 11.1 Å². The normalized spacial score (nSPS) is 27.9. The van der Waals surface area contributed by atoms with Gasteiger partial charge in [0, 0.05) is 35.8 Å². The first-order valence-corrected chi connectivity index (χ1v) is 13.7. The number of benzene rings is 2. The topological polar surface area (TPSA) is 126 Å². The van der Waals surface area contributed by atoms with Gasteiger partial charge in [-0.2, -0.15) is 0 Å². The maximum atomic E-state index is 13.2. The van der Waals surface area contributed by atoms with Crippen LogP contribution in [0.5, 0.6) is 5.75 Å². The first kappa shape index (κ1) is 25.8. The summed E-state index contributed by atoms with van der Waals surface area (Å²) in [5.41, 5.74) is 2.79. The van der Waals surface area contributed by atoms with Crippen LogP contribution in [0.1, 0.15) is 52.7 Å². The van der Waals surface area contributed by atoms with Gasteiger partial charge < -0.3 is 30.5 Å². The van der Waals surface area contributed by atoms with Gasteiger partial charge in [-0.05, 0) is 86.5 Å². The number of carbonyl (C=O) groups is 1. The molecule has 1 saturated carbocycles. The maximum Gasteiger partial charge on any atom is 0.255 e. The van der Waals surface area contributed by atoms with Crippen LogP contribution in [0.4, 0.5) is 0 Å². The Morgan fingerprint density at radius 2 is 1.87 bits per heavy atom. The lowest BCUT2D eigenvalue weighted by molar-refractivity contribution is -0.177. The minimum Gasteiger partial charge on any atom is -0.507 e. The molecule has 6 rings (SSSR count). The third-order valence-corrected chi connectivity index (χ3v) is 9.42. The largest absolute Gasteiger partial charge is 0.507 e. The van der Waals surface area contributed by atoms with E-state index in [0.717, 1.165) is 28.8 Å². The zero-order chi connectivity index (χ0) is 27.4. The number of carbonyl (C=O) groups excluding carboxylic acids is 1. The SMILES string of the molecule is CN1CC[C@]23CC(O)CC[C@@]2(O)[C@H]1Cc1ccc(C(=O)NCCc2ccc(-c4ccc(=O)[nH]c4)cc2)c(O)c13. The molecule has 2 aliphatic carbocycles. The molecule has 2 fully saturated rings. The highest BCUT2D eigenvalue weighted by molar-refractivity contribution is 5.97. The predicted octanol–water partition coefficient (Wildman–Crippen LogP) is 2.49. The predicted molar refractivity (Wildman–Crippen MR) is 148 cm³/mol. The van der Waals surface area contributed by atoms with Gasteiger partial charge in [-0.3, -0.25) is 9.59 Å². The molecule has 1 aromatic heterocycles. The second-order valence-electron chi connectivity index (χ2n) is 11.5. The minimum atomic E-state index is -1.06. The number of nitrogens with one attached hydrogen (secondary N) is 2. The average molecular weight is 530 g/mol. The van der Waals surface area contributed by atoms with Crippen molar-refractivity contribution in [3.05, 3.63) is 87.3 Å². The summed E-state index contributed by atoms with van der Waals surface area (Å²) >= 11 is 0. The number of likely N-dealkylation sites (tertiary alicyclic amines) is 1. The Morgan fingerprint density at radius 3 is 2.62 bits per heavy atom. The fraction of sp³-hybridized carbons (Fsp3) is 0.419. The van der Waals surface area contributed by atoms with E-state index in [1.807, 2.05) is 37.4 Å². The van der Waals surface area contributed by atoms with E-state index in [0.29, 0.717) is 50.6 Å². The van der Waals surface area contributed by atoms with Gasteiger partial charge in [-0.1, -0.05) is 30.3 Å². The van der Waals surface area contributed by atoms with Crippen LogP contribution in [0.15, 0.2) is 59.5 Å². The summed E-state index contributed by atoms with van der Waals surface area (Å²) in [7, 11) is 2.03. The monoisotopic (exact) mass is 529 g/mol. The number of aromatic hydroxyl groups is 1. The van der Waals surface area contributed by atoms with E-state index in [9.17, 15) is 24.9 Å². The number of nitrogens with zero attached hydrogens (tertiary/aromatic N) is 1. The van der Waals surface area contributed by atoms with Crippen molar-refractivity contribution in [1.82, 2.24) is 15.2 Å². The molecule has 4 atom stereocenters. The lowest BCUT2D eigenvalue weighted by Gasteiger charge is -2.63. The Balaban J connectivity index is 1.20. The van der Waals surface area contributed by atoms with Gasteiger partial charge in [0.05, 0.1) is 17.3 Å². The molecule has 39 heavy (non-hydrogen) atoms. The molecule has 2 bridgehead atoms. The number of phenols is 1. The van der Waals surface area contributed by atoms with Crippen molar-refractivity contribution in [3.63, 3.8) is 0 Å². The number of rotatable bonds is 5. The number of fused-ring (bicyclic) bond motifs is 1. The van der Waals surface area contributed by atoms with E-state index < -0.39 is 17.1 Å². The molecule has 8 nitrogen and oxygen atoms in total. The van der Waals surface area contributed by atoms with Crippen LogP contribution in [0.2, 0.25) is 0 Å². The molecule has 2 aromatic carbocycles. The summed E-state index contributed by atoms with van der Waals surface area (Å²) < 4.78 is 0. The summed E-state index contributed by atoms with van der Waals surface area (Å²) in [5.74, 6) is -0.419. The molecule has 1 saturated heterocycles. The lowest BCUT2D eigenvalue weighted by Crippen LogP contribution is -2.72. The number of aromatic nitrogens is 1. The van der Waals surface area contributed by atoms with Crippen molar-refractivity contribution in [2.45, 2.75) is 61.7 Å². The van der Waals surface area contributed by atoms with Gasteiger partial charge >= 0.3 is 0 Å². The molecule has 0 spiro atoms. The van der Waals surface area contributed by atoms with E-state index in [-0.39, 0.29) is 28.8 Å². The average Bonchev–Trinajstić information content (AvgIpc) is 2.92. The van der Waals surface area contributed by atoms with Crippen molar-refractivity contribution in [2.75, 3.05) is 20.1 Å². The van der Waals surface area contributed by atoms with Crippen LogP contribution in [-0.2, 0) is 18.3 Å². The van der Waals surface area contributed by atoms with E-state index >= 15 is 0 Å². The Morgan fingerprint density at radius 1 is 1.10 bits per heavy atom. The van der Waals surface area contributed by atoms with E-state index in [4.69, 9.17) is 0 Å². The van der Waals surface area contributed by atoms with Crippen LogP contribution in [0.3, 0.4) is 0 Å². The third kappa shape index (κ3) is 4.18. The van der Waals surface area contributed by atoms with Crippen molar-refractivity contribution >= 4 is 5.91 Å². The van der Waals surface area contributed by atoms with Crippen molar-refractivity contribution in [1.29, 1.82) is 0 Å². The van der Waals surface area contributed by atoms with E-state index in [2.05, 4.69) is 15.2 Å². The molecular weight excluding hydrogens is 494 g/mol. The number of phenolic OH excluding ortho intramolecular Hbond substituents is 1. The molecule has 1 amide bonds. The number of piperidine rings is 1. The summed E-state index contributed by atoms with van der Waals surface area (Å²) in [6, 6.07) is 14.7. The summed E-state index contributed by atoms with van der Waals surface area (Å²) in [4.78, 5) is 29.4. The Hall–Kier alpha value is -3.46. The van der Waals surface area contributed by atoms with Gasteiger partial charge in [0.25, 0.3) is 5.91 Å². The minimum absolute atomic E-state index is 0.0641. The number of aliphatic hydroxyl groups is 2. The molecule has 204 valence electrons. The first-order chi connectivity index (χ1) is 18.7. The molecular formula is C31H35N3O5. The van der Waals surface area contributed by atoms with Gasteiger partial charge in [0.1, 0.15) is 5.75 Å². The highest BCUT2D eigenvalue weighted by Crippen LogP contribution is 2.60. The van der Waals surface area contributed by atoms with Crippen LogP contribution in [-0.4, -0.2) is 69.0 Å². The Bertz CT molecular complexity index is 1450. The van der Waals surface area contributed by atoms with E-state index in [1.54, 1.807) is 18.3 Å². The number of H-pyrrole nitrogens is 1. The molecule has 2 heterocycles. The van der Waals surface area contributed by atoms with Gasteiger partial charge in [0.2, 0.25) is 5.56 Å². The Labute approximate surface area is 227 Å². The zero-order valence-corrected chi connectivity index (χ0v) is 22.1. The fourth-order valence-electron chi connectivity index (χ4n) is 7.37. The van der Waals surface area contributed by atoms with Crippen molar-refractivity contribution < 1.29 is 20.1 Å². The summed E-state index contributed by atoms with van der Waals surface area (Å²) in [6.45, 7) is 1.16. The summed E-state index contributed by atoms with van der Waals surface area (Å²) in [6.07, 6.45) is 4.36. The molecule has 1 unspecified atom stereocenters. The number of hydrogen-bond acceptors (Lipinski definition) is 6. The number of hydrogen-bond donors (Lipinski definition) is 5. The van der Waals surface area contributed by atoms with Crippen molar-refractivity contribution in [3.8, 4) is 16.9 Å². The smallest absolute Gasteiger partial charge is 0.255 e. The van der Waals surface area contributed by atoms with Crippen molar-refractivity contribution in [2.24, 2.45) is 0 Å². The lowest BCUT2D eigenvalue weighted by atomic mass is 9.49. The molecule has 5 N–H and O–H groups in total. The standard InChI is InChI=1S/C31H35N3O5/c1-34-15-13-30-17-23(35)10-12-31(30,39)25(34)16-21-6-8-24(28(37)27(21)30)29(38)32-14-11-19-2-4-20(5-3-19)22-7-9-26(36)33-18-22/h2-9,18,23,25,35,37,39H,10-17H2,1H3,(H,32,38)(H,33,36)/t23?,25-,30-,31-/m1/s1. The number of aliphatic hydroxyl groups excluding tert-OH is 1. The molecule has 8 heteroatoms. The fourth-order valence-corrected chi connectivity index (χ4v) is 7.37. The molecule has 3 aromatic rings. The first-order valence-electron chi connectivity index (χ1n) is 13.7. The van der Waals surface area contributed by atoms with Crippen LogP contribution >= 0.6 is 0 Å². The van der Waals surface area contributed by atoms with Gasteiger partial charge in [-0.15, -0.1) is 0 Å². The van der Waals surface area contributed by atoms with E-state index in [1.165, 1.54) is 6.07 Å². The van der Waals surface area contributed by atoms with Crippen LogP contribution < -0.4 is 10.9 Å². The Kier molecular flexibility index (Phi) is 6.37. The summed E-state index contributed by atoms with van der Waals surface area (Å²) in [5, 5.41) is 37.1.